The minimum absolute atomic E-state index is 0.739. The fourth-order valence-electron chi connectivity index (χ4n) is 3.09. The van der Waals surface area contributed by atoms with Gasteiger partial charge in [0, 0.05) is 40.9 Å². The molecule has 0 fully saturated rings. The first-order valence-electron chi connectivity index (χ1n) is 9.08. The molecule has 0 saturated carbocycles. The van der Waals surface area contributed by atoms with Crippen LogP contribution in [0.4, 0.5) is 11.4 Å². The average molecular weight is 433 g/mol. The zero-order chi connectivity index (χ0) is 19.7. The van der Waals surface area contributed by atoms with E-state index in [1.165, 1.54) is 5.56 Å². The number of rotatable bonds is 3. The summed E-state index contributed by atoms with van der Waals surface area (Å²) < 4.78 is 0.998. The van der Waals surface area contributed by atoms with Crippen molar-refractivity contribution in [3.8, 4) is 0 Å². The SMILES string of the molecule is Cc1ccc(C2=Nc3ccc(Br)cc3C(c3ccc(N(C)C)cc3)=NN2)cc1. The van der Waals surface area contributed by atoms with Gasteiger partial charge in [-0.05, 0) is 37.3 Å². The van der Waals surface area contributed by atoms with Crippen molar-refractivity contribution >= 4 is 38.9 Å². The Morgan fingerprint density at radius 2 is 1.54 bits per heavy atom. The van der Waals surface area contributed by atoms with Crippen molar-refractivity contribution in [2.24, 2.45) is 10.1 Å². The van der Waals surface area contributed by atoms with E-state index >= 15 is 0 Å². The molecule has 0 bridgehead atoms. The number of amidine groups is 1. The minimum Gasteiger partial charge on any atom is -0.378 e. The van der Waals surface area contributed by atoms with Gasteiger partial charge in [0.2, 0.25) is 0 Å². The number of halogens is 1. The lowest BCUT2D eigenvalue weighted by molar-refractivity contribution is 1.03. The van der Waals surface area contributed by atoms with Gasteiger partial charge in [-0.2, -0.15) is 5.10 Å². The number of anilines is 1. The summed E-state index contributed by atoms with van der Waals surface area (Å²) in [5, 5.41) is 4.73. The van der Waals surface area contributed by atoms with Crippen LogP contribution >= 0.6 is 15.9 Å². The first-order valence-corrected chi connectivity index (χ1v) is 9.88. The zero-order valence-electron chi connectivity index (χ0n) is 16.1. The van der Waals surface area contributed by atoms with Gasteiger partial charge in [-0.1, -0.05) is 57.9 Å². The van der Waals surface area contributed by atoms with Crippen LogP contribution in [0, 0.1) is 6.92 Å². The van der Waals surface area contributed by atoms with Crippen molar-refractivity contribution in [2.45, 2.75) is 6.92 Å². The maximum absolute atomic E-state index is 4.86. The second-order valence-corrected chi connectivity index (χ2v) is 7.92. The Morgan fingerprint density at radius 3 is 2.21 bits per heavy atom. The molecule has 4 nitrogen and oxygen atoms in total. The second-order valence-electron chi connectivity index (χ2n) is 7.00. The standard InChI is InChI=1S/C23H21BrN4/c1-15-4-6-17(7-5-15)23-25-21-13-10-18(24)14-20(21)22(26-27-23)16-8-11-19(12-9-16)28(2)3/h4-14H,1-3H3,(H,25,27). The van der Waals surface area contributed by atoms with Crippen molar-refractivity contribution in [3.05, 3.63) is 93.5 Å². The molecule has 5 heteroatoms. The third-order valence-electron chi connectivity index (χ3n) is 4.70. The Kier molecular flexibility index (Phi) is 5.01. The molecular weight excluding hydrogens is 412 g/mol. The topological polar surface area (TPSA) is 40.0 Å². The molecule has 1 aliphatic heterocycles. The molecule has 0 radical (unpaired) electrons. The van der Waals surface area contributed by atoms with E-state index < -0.39 is 0 Å². The number of benzene rings is 3. The summed E-state index contributed by atoms with van der Waals surface area (Å²) in [6.45, 7) is 2.08. The Balaban J connectivity index is 1.81. The van der Waals surface area contributed by atoms with Crippen molar-refractivity contribution in [3.63, 3.8) is 0 Å². The summed E-state index contributed by atoms with van der Waals surface area (Å²) in [7, 11) is 4.07. The van der Waals surface area contributed by atoms with Crippen LogP contribution in [0.2, 0.25) is 0 Å². The second kappa shape index (κ2) is 7.60. The van der Waals surface area contributed by atoms with Gasteiger partial charge in [0.1, 0.15) is 5.71 Å². The molecule has 1 heterocycles. The molecule has 1 N–H and O–H groups in total. The molecule has 0 saturated heterocycles. The smallest absolute Gasteiger partial charge is 0.154 e. The number of hydrazone groups is 1. The molecule has 3 aromatic rings. The third-order valence-corrected chi connectivity index (χ3v) is 5.19. The molecule has 0 unspecified atom stereocenters. The van der Waals surface area contributed by atoms with Gasteiger partial charge in [0.25, 0.3) is 0 Å². The Morgan fingerprint density at radius 1 is 0.857 bits per heavy atom. The quantitative estimate of drug-likeness (QED) is 0.613. The van der Waals surface area contributed by atoms with E-state index in [9.17, 15) is 0 Å². The Bertz CT molecular complexity index is 1060. The molecule has 4 rings (SSSR count). The highest BCUT2D eigenvalue weighted by Gasteiger charge is 2.17. The number of hydrogen-bond donors (Lipinski definition) is 1. The normalized spacial score (nSPS) is 13.0. The van der Waals surface area contributed by atoms with Gasteiger partial charge in [0.15, 0.2) is 5.84 Å². The van der Waals surface area contributed by atoms with Crippen LogP contribution in [0.25, 0.3) is 0 Å². The molecule has 0 amide bonds. The average Bonchev–Trinajstić information content (AvgIpc) is 2.88. The molecule has 1 aliphatic rings. The highest BCUT2D eigenvalue weighted by molar-refractivity contribution is 9.10. The number of fused-ring (bicyclic) bond motifs is 1. The number of aryl methyl sites for hydroxylation is 1. The van der Waals surface area contributed by atoms with Gasteiger partial charge in [-0.15, -0.1) is 0 Å². The highest BCUT2D eigenvalue weighted by atomic mass is 79.9. The number of hydrogen-bond acceptors (Lipinski definition) is 4. The van der Waals surface area contributed by atoms with Crippen molar-refractivity contribution in [1.82, 2.24) is 5.43 Å². The van der Waals surface area contributed by atoms with Crippen LogP contribution in [0.1, 0.15) is 22.3 Å². The molecule has 3 aromatic carbocycles. The van der Waals surface area contributed by atoms with Crippen LogP contribution in [0.5, 0.6) is 0 Å². The number of aliphatic imine (C=N–C) groups is 1. The van der Waals surface area contributed by atoms with Crippen molar-refractivity contribution in [2.75, 3.05) is 19.0 Å². The van der Waals surface area contributed by atoms with E-state index in [1.807, 2.05) is 26.2 Å². The summed E-state index contributed by atoms with van der Waals surface area (Å²) in [4.78, 5) is 6.95. The molecule has 0 atom stereocenters. The number of nitrogens with one attached hydrogen (secondary N) is 1. The molecule has 28 heavy (non-hydrogen) atoms. The summed E-state index contributed by atoms with van der Waals surface area (Å²) in [5.41, 5.74) is 10.3. The van der Waals surface area contributed by atoms with Crippen LogP contribution in [-0.4, -0.2) is 25.6 Å². The lowest BCUT2D eigenvalue weighted by Crippen LogP contribution is -2.19. The Labute approximate surface area is 173 Å². The molecule has 140 valence electrons. The van der Waals surface area contributed by atoms with E-state index in [2.05, 4.69) is 87.8 Å². The minimum atomic E-state index is 0.739. The molecule has 0 aliphatic carbocycles. The van der Waals surface area contributed by atoms with Crippen LogP contribution in [-0.2, 0) is 0 Å². The van der Waals surface area contributed by atoms with E-state index in [1.54, 1.807) is 0 Å². The Hall–Kier alpha value is -2.92. The van der Waals surface area contributed by atoms with E-state index in [0.29, 0.717) is 0 Å². The third kappa shape index (κ3) is 3.71. The monoisotopic (exact) mass is 432 g/mol. The van der Waals surface area contributed by atoms with E-state index in [-0.39, 0.29) is 0 Å². The molecule has 0 aromatic heterocycles. The van der Waals surface area contributed by atoms with Gasteiger partial charge in [0.05, 0.1) is 5.69 Å². The lowest BCUT2D eigenvalue weighted by Gasteiger charge is -2.14. The lowest BCUT2D eigenvalue weighted by atomic mass is 10.0. The summed E-state index contributed by atoms with van der Waals surface area (Å²) in [5.74, 6) is 0.739. The first-order chi connectivity index (χ1) is 13.5. The summed E-state index contributed by atoms with van der Waals surface area (Å²) >= 11 is 3.58. The van der Waals surface area contributed by atoms with E-state index in [4.69, 9.17) is 10.1 Å². The van der Waals surface area contributed by atoms with Gasteiger partial charge >= 0.3 is 0 Å². The fraction of sp³-hybridized carbons (Fsp3) is 0.130. The van der Waals surface area contributed by atoms with Crippen LogP contribution in [0.3, 0.4) is 0 Å². The number of nitrogens with zero attached hydrogens (tertiary/aromatic N) is 3. The van der Waals surface area contributed by atoms with Gasteiger partial charge < -0.3 is 4.90 Å². The largest absolute Gasteiger partial charge is 0.378 e. The fourth-order valence-corrected chi connectivity index (χ4v) is 3.45. The van der Waals surface area contributed by atoms with Gasteiger partial charge in [-0.3, -0.25) is 5.43 Å². The summed E-state index contributed by atoms with van der Waals surface area (Å²) in [6.07, 6.45) is 0. The van der Waals surface area contributed by atoms with Gasteiger partial charge in [-0.25, -0.2) is 4.99 Å². The maximum Gasteiger partial charge on any atom is 0.154 e. The predicted octanol–water partition coefficient (Wildman–Crippen LogP) is 5.26. The first kappa shape index (κ1) is 18.4. The van der Waals surface area contributed by atoms with Crippen molar-refractivity contribution in [1.29, 1.82) is 0 Å². The molecule has 0 spiro atoms. The zero-order valence-corrected chi connectivity index (χ0v) is 17.7. The summed E-state index contributed by atoms with van der Waals surface area (Å²) in [6, 6.07) is 22.8. The van der Waals surface area contributed by atoms with Crippen LogP contribution in [0.15, 0.2) is 81.3 Å². The maximum atomic E-state index is 4.86. The van der Waals surface area contributed by atoms with Crippen molar-refractivity contribution < 1.29 is 0 Å². The molecular formula is C23H21BrN4. The van der Waals surface area contributed by atoms with E-state index in [0.717, 1.165) is 44.1 Å². The predicted molar refractivity (Wildman–Crippen MR) is 121 cm³/mol. The van der Waals surface area contributed by atoms with Crippen LogP contribution < -0.4 is 10.3 Å². The highest BCUT2D eigenvalue weighted by Crippen LogP contribution is 2.29.